The molecule has 0 aromatic carbocycles. The largest absolute Gasteiger partial charge is 0.373 e. The van der Waals surface area contributed by atoms with Gasteiger partial charge in [0.1, 0.15) is 23.1 Å². The summed E-state index contributed by atoms with van der Waals surface area (Å²) >= 11 is 0. The van der Waals surface area contributed by atoms with E-state index in [-0.39, 0.29) is 17.6 Å². The maximum Gasteiger partial charge on any atom is 0.270 e. The second-order valence-corrected chi connectivity index (χ2v) is 6.74. The molecule has 4 aromatic heterocycles. The van der Waals surface area contributed by atoms with Crippen molar-refractivity contribution in [2.75, 3.05) is 12.4 Å². The van der Waals surface area contributed by atoms with Gasteiger partial charge in [0.2, 0.25) is 0 Å². The van der Waals surface area contributed by atoms with Gasteiger partial charge >= 0.3 is 0 Å². The number of anilines is 1. The minimum atomic E-state index is -2.74. The van der Waals surface area contributed by atoms with E-state index in [1.807, 2.05) is 6.07 Å². The summed E-state index contributed by atoms with van der Waals surface area (Å²) in [5.41, 5.74) is 7.50. The third-order valence-corrected chi connectivity index (χ3v) is 4.99. The second kappa shape index (κ2) is 5.47. The van der Waals surface area contributed by atoms with Crippen molar-refractivity contribution < 1.29 is 13.6 Å². The molecule has 0 saturated heterocycles. The van der Waals surface area contributed by atoms with E-state index in [4.69, 9.17) is 5.73 Å². The second-order valence-electron chi connectivity index (χ2n) is 6.74. The van der Waals surface area contributed by atoms with Crippen LogP contribution in [0.25, 0.3) is 27.9 Å². The van der Waals surface area contributed by atoms with Crippen LogP contribution in [-0.2, 0) is 0 Å². The molecule has 4 heterocycles. The Morgan fingerprint density at radius 2 is 2.18 bits per heavy atom. The Morgan fingerprint density at radius 1 is 1.39 bits per heavy atom. The van der Waals surface area contributed by atoms with Crippen molar-refractivity contribution in [2.45, 2.75) is 18.4 Å². The first-order chi connectivity index (χ1) is 13.4. The topological polar surface area (TPSA) is 103 Å². The molecular weight excluding hydrogens is 368 g/mol. The number of pyridine rings is 1. The molecule has 1 aliphatic rings. The summed E-state index contributed by atoms with van der Waals surface area (Å²) < 4.78 is 30.4. The van der Waals surface area contributed by atoms with E-state index < -0.39 is 17.9 Å². The molecule has 28 heavy (non-hydrogen) atoms. The summed E-state index contributed by atoms with van der Waals surface area (Å²) in [5.74, 6) is -2.81. The van der Waals surface area contributed by atoms with Crippen LogP contribution < -0.4 is 11.1 Å². The van der Waals surface area contributed by atoms with Gasteiger partial charge in [0.05, 0.1) is 11.9 Å². The van der Waals surface area contributed by atoms with Gasteiger partial charge in [-0.15, -0.1) is 0 Å². The van der Waals surface area contributed by atoms with E-state index in [2.05, 4.69) is 20.4 Å². The number of nitrogens with two attached hydrogens (primary N) is 1. The molecule has 0 bridgehead atoms. The molecule has 1 amide bonds. The lowest BCUT2D eigenvalue weighted by atomic mass is 10.1. The minimum absolute atomic E-state index is 0.175. The maximum absolute atomic E-state index is 13.7. The Kier molecular flexibility index (Phi) is 3.25. The molecule has 0 unspecified atom stereocenters. The van der Waals surface area contributed by atoms with Gasteiger partial charge in [-0.3, -0.25) is 4.79 Å². The molecule has 8 nitrogen and oxygen atoms in total. The highest BCUT2D eigenvalue weighted by Gasteiger charge is 2.58. The fraction of sp³-hybridized carbons (Fsp3) is 0.222. The summed E-state index contributed by atoms with van der Waals surface area (Å²) in [4.78, 5) is 20.6. The molecule has 0 aliphatic heterocycles. The number of nitrogens with zero attached hydrogens (tertiary/aromatic N) is 5. The van der Waals surface area contributed by atoms with Gasteiger partial charge in [-0.25, -0.2) is 18.7 Å². The van der Waals surface area contributed by atoms with Gasteiger partial charge in [0.15, 0.2) is 5.65 Å². The summed E-state index contributed by atoms with van der Waals surface area (Å²) in [7, 11) is 1.71. The molecule has 0 spiro atoms. The normalized spacial score (nSPS) is 17.9. The van der Waals surface area contributed by atoms with Gasteiger partial charge in [0, 0.05) is 42.9 Å². The molecule has 5 rings (SSSR count). The van der Waals surface area contributed by atoms with Gasteiger partial charge < -0.3 is 15.6 Å². The summed E-state index contributed by atoms with van der Waals surface area (Å²) in [5, 5.41) is 7.84. The number of fused-ring (bicyclic) bond motifs is 2. The van der Waals surface area contributed by atoms with E-state index >= 15 is 0 Å². The lowest BCUT2D eigenvalue weighted by molar-refractivity contribution is 0.0998. The zero-order valence-corrected chi connectivity index (χ0v) is 14.7. The Hall–Kier alpha value is -3.56. The SMILES string of the molecule is CNc1cc(-c2cn([C@H]3CC3(F)F)c3ncccc23)nc2c(C(N)=O)cnn12. The molecule has 0 radical (unpaired) electrons. The van der Waals surface area contributed by atoms with E-state index in [0.29, 0.717) is 28.1 Å². The number of alkyl halides is 2. The van der Waals surface area contributed by atoms with Crippen LogP contribution in [0.4, 0.5) is 14.6 Å². The highest BCUT2D eigenvalue weighted by molar-refractivity contribution is 6.00. The molecule has 1 aliphatic carbocycles. The van der Waals surface area contributed by atoms with E-state index in [0.717, 1.165) is 0 Å². The van der Waals surface area contributed by atoms with Crippen molar-refractivity contribution in [2.24, 2.45) is 5.73 Å². The van der Waals surface area contributed by atoms with Crippen LogP contribution in [0.15, 0.2) is 36.8 Å². The first-order valence-corrected chi connectivity index (χ1v) is 8.61. The highest BCUT2D eigenvalue weighted by atomic mass is 19.3. The summed E-state index contributed by atoms with van der Waals surface area (Å²) in [6, 6.07) is 4.38. The Bertz CT molecular complexity index is 1260. The maximum atomic E-state index is 13.7. The van der Waals surface area contributed by atoms with Crippen molar-refractivity contribution in [3.8, 4) is 11.3 Å². The van der Waals surface area contributed by atoms with Crippen LogP contribution >= 0.6 is 0 Å². The van der Waals surface area contributed by atoms with Crippen LogP contribution in [-0.4, -0.2) is 43.0 Å². The zero-order chi connectivity index (χ0) is 19.6. The number of halogens is 2. The molecule has 4 aromatic rings. The standard InChI is InChI=1S/C18H15F2N7O/c1-22-14-5-12(25-17-10(15(21)28)7-24-27(14)17)11-8-26(13-6-18(13,19)20)16-9(11)3-2-4-23-16/h2-5,7-8,13,22H,6H2,1H3,(H2,21,28)/t13-/m0/s1. The van der Waals surface area contributed by atoms with E-state index in [9.17, 15) is 13.6 Å². The Labute approximate surface area is 157 Å². The number of nitrogens with one attached hydrogen (secondary N) is 1. The number of carbonyl (C=O) groups excluding carboxylic acids is 1. The monoisotopic (exact) mass is 383 g/mol. The lowest BCUT2D eigenvalue weighted by Crippen LogP contribution is -2.11. The van der Waals surface area contributed by atoms with Crippen molar-refractivity contribution in [1.29, 1.82) is 0 Å². The number of amides is 1. The quantitative estimate of drug-likeness (QED) is 0.564. The molecule has 10 heteroatoms. The molecule has 3 N–H and O–H groups in total. The first kappa shape index (κ1) is 16.6. The average Bonchev–Trinajstić information content (AvgIpc) is 3.02. The van der Waals surface area contributed by atoms with Crippen molar-refractivity contribution >= 4 is 28.4 Å². The highest BCUT2D eigenvalue weighted by Crippen LogP contribution is 2.54. The third kappa shape index (κ3) is 2.27. The summed E-state index contributed by atoms with van der Waals surface area (Å²) in [6.45, 7) is 0. The minimum Gasteiger partial charge on any atom is -0.373 e. The Morgan fingerprint density at radius 3 is 2.86 bits per heavy atom. The van der Waals surface area contributed by atoms with E-state index in [1.54, 1.807) is 31.6 Å². The number of hydrogen-bond donors (Lipinski definition) is 2. The lowest BCUT2D eigenvalue weighted by Gasteiger charge is -2.07. The van der Waals surface area contributed by atoms with Crippen LogP contribution in [0.2, 0.25) is 0 Å². The Balaban J connectivity index is 1.78. The number of primary amides is 1. The van der Waals surface area contributed by atoms with Crippen molar-refractivity contribution in [1.82, 2.24) is 24.1 Å². The van der Waals surface area contributed by atoms with Crippen molar-refractivity contribution in [3.63, 3.8) is 0 Å². The number of hydrogen-bond acceptors (Lipinski definition) is 5. The predicted molar refractivity (Wildman–Crippen MR) is 98.4 cm³/mol. The summed E-state index contributed by atoms with van der Waals surface area (Å²) in [6.07, 6.45) is 4.35. The first-order valence-electron chi connectivity index (χ1n) is 8.61. The average molecular weight is 383 g/mol. The van der Waals surface area contributed by atoms with E-state index in [1.165, 1.54) is 15.3 Å². The van der Waals surface area contributed by atoms with Gasteiger partial charge in [0.25, 0.3) is 11.8 Å². The van der Waals surface area contributed by atoms with Gasteiger partial charge in [-0.1, -0.05) is 0 Å². The third-order valence-electron chi connectivity index (χ3n) is 4.99. The van der Waals surface area contributed by atoms with Crippen molar-refractivity contribution in [3.05, 3.63) is 42.4 Å². The fourth-order valence-electron chi connectivity index (χ4n) is 3.48. The fourth-order valence-corrected chi connectivity index (χ4v) is 3.48. The van der Waals surface area contributed by atoms with Crippen LogP contribution in [0, 0.1) is 0 Å². The number of carbonyl (C=O) groups is 1. The van der Waals surface area contributed by atoms with Gasteiger partial charge in [-0.2, -0.15) is 9.61 Å². The predicted octanol–water partition coefficient (Wildman–Crippen LogP) is 2.47. The molecule has 1 saturated carbocycles. The molecular formula is C18H15F2N7O. The van der Waals surface area contributed by atoms with Gasteiger partial charge in [-0.05, 0) is 12.1 Å². The van der Waals surface area contributed by atoms with Crippen LogP contribution in [0.5, 0.6) is 0 Å². The molecule has 142 valence electrons. The number of aromatic nitrogens is 5. The molecule has 1 atom stereocenters. The zero-order valence-electron chi connectivity index (χ0n) is 14.7. The molecule has 1 fully saturated rings. The number of rotatable bonds is 4. The van der Waals surface area contributed by atoms with Crippen LogP contribution in [0.3, 0.4) is 0 Å². The smallest absolute Gasteiger partial charge is 0.270 e. The van der Waals surface area contributed by atoms with Crippen LogP contribution in [0.1, 0.15) is 22.8 Å².